The first-order chi connectivity index (χ1) is 16.6. The second-order valence-electron chi connectivity index (χ2n) is 8.08. The van der Waals surface area contributed by atoms with Gasteiger partial charge >= 0.3 is 0 Å². The van der Waals surface area contributed by atoms with E-state index in [1.165, 1.54) is 28.5 Å². The molecular formula is C29H21N3O2. The zero-order valence-corrected chi connectivity index (χ0v) is 18.3. The lowest BCUT2D eigenvalue weighted by Crippen LogP contribution is -2.13. The summed E-state index contributed by atoms with van der Waals surface area (Å²) in [4.78, 5) is 12.7. The van der Waals surface area contributed by atoms with Crippen molar-refractivity contribution in [3.8, 4) is 11.8 Å². The van der Waals surface area contributed by atoms with E-state index in [2.05, 4.69) is 40.2 Å². The van der Waals surface area contributed by atoms with Crippen molar-refractivity contribution < 1.29 is 9.90 Å². The number of carbonyl (C=O) groups excluding carboxylic acids is 1. The van der Waals surface area contributed by atoms with Gasteiger partial charge in [0.2, 0.25) is 0 Å². The van der Waals surface area contributed by atoms with Crippen molar-refractivity contribution in [2.75, 3.05) is 5.32 Å². The molecule has 4 aromatic carbocycles. The molecule has 1 amide bonds. The Kier molecular flexibility index (Phi) is 5.55. The molecule has 1 heterocycles. The summed E-state index contributed by atoms with van der Waals surface area (Å²) in [7, 11) is 0. The summed E-state index contributed by atoms with van der Waals surface area (Å²) in [6, 6.07) is 30.8. The Bertz CT molecular complexity index is 1590. The molecule has 0 fully saturated rings. The van der Waals surface area contributed by atoms with Gasteiger partial charge in [-0.2, -0.15) is 5.26 Å². The smallest absolute Gasteiger partial charge is 0.266 e. The Labute approximate surface area is 196 Å². The van der Waals surface area contributed by atoms with Crippen molar-refractivity contribution >= 4 is 39.3 Å². The van der Waals surface area contributed by atoms with Crippen LogP contribution in [0.1, 0.15) is 11.1 Å². The summed E-state index contributed by atoms with van der Waals surface area (Å²) in [5.74, 6) is -0.396. The summed E-state index contributed by atoms with van der Waals surface area (Å²) in [5, 5.41) is 25.2. The van der Waals surface area contributed by atoms with Gasteiger partial charge in [0.15, 0.2) is 0 Å². The molecule has 0 saturated heterocycles. The van der Waals surface area contributed by atoms with Crippen molar-refractivity contribution in [2.45, 2.75) is 6.54 Å². The predicted molar refractivity (Wildman–Crippen MR) is 135 cm³/mol. The van der Waals surface area contributed by atoms with Crippen LogP contribution in [0, 0.1) is 11.3 Å². The van der Waals surface area contributed by atoms with Crippen LogP contribution in [-0.2, 0) is 11.3 Å². The van der Waals surface area contributed by atoms with Gasteiger partial charge in [-0.05, 0) is 58.8 Å². The molecule has 0 aliphatic heterocycles. The molecule has 0 radical (unpaired) electrons. The number of aromatic nitrogens is 1. The fourth-order valence-corrected chi connectivity index (χ4v) is 4.10. The molecule has 5 heteroatoms. The van der Waals surface area contributed by atoms with E-state index in [4.69, 9.17) is 0 Å². The summed E-state index contributed by atoms with van der Waals surface area (Å²) < 4.78 is 2.14. The zero-order valence-electron chi connectivity index (χ0n) is 18.3. The number of benzene rings is 4. The van der Waals surface area contributed by atoms with Crippen LogP contribution in [0.4, 0.5) is 5.69 Å². The van der Waals surface area contributed by atoms with E-state index in [9.17, 15) is 15.2 Å². The maximum atomic E-state index is 12.7. The number of phenolic OH excluding ortho intramolecular Hbond substituents is 1. The summed E-state index contributed by atoms with van der Waals surface area (Å²) >= 11 is 0. The highest BCUT2D eigenvalue weighted by Gasteiger charge is 2.13. The maximum Gasteiger partial charge on any atom is 0.266 e. The molecule has 0 atom stereocenters. The number of para-hydroxylation sites is 1. The fourth-order valence-electron chi connectivity index (χ4n) is 4.10. The van der Waals surface area contributed by atoms with Crippen LogP contribution in [0.5, 0.6) is 5.75 Å². The molecule has 5 rings (SSSR count). The average molecular weight is 444 g/mol. The highest BCUT2D eigenvalue weighted by Crippen LogP contribution is 2.26. The number of aromatic hydroxyl groups is 1. The Hall–Kier alpha value is -4.82. The number of anilines is 1. The third kappa shape index (κ3) is 4.25. The molecule has 5 nitrogen and oxygen atoms in total. The van der Waals surface area contributed by atoms with Crippen LogP contribution in [-0.4, -0.2) is 15.6 Å². The monoisotopic (exact) mass is 443 g/mol. The van der Waals surface area contributed by atoms with Crippen molar-refractivity contribution in [3.05, 3.63) is 114 Å². The molecule has 2 N–H and O–H groups in total. The minimum absolute atomic E-state index is 0.00156. The van der Waals surface area contributed by atoms with Gasteiger partial charge in [-0.1, -0.05) is 54.6 Å². The van der Waals surface area contributed by atoms with E-state index in [1.54, 1.807) is 18.2 Å². The second-order valence-corrected chi connectivity index (χ2v) is 8.08. The number of phenols is 1. The van der Waals surface area contributed by atoms with Crippen LogP contribution < -0.4 is 5.32 Å². The molecule has 0 unspecified atom stereocenters. The van der Waals surface area contributed by atoms with Gasteiger partial charge in [-0.15, -0.1) is 0 Å². The van der Waals surface area contributed by atoms with E-state index >= 15 is 0 Å². The Morgan fingerprint density at radius 2 is 1.68 bits per heavy atom. The number of hydrogen-bond acceptors (Lipinski definition) is 3. The number of nitriles is 1. The lowest BCUT2D eigenvalue weighted by molar-refractivity contribution is -0.112. The Balaban J connectivity index is 1.48. The molecule has 0 aliphatic rings. The summed E-state index contributed by atoms with van der Waals surface area (Å²) in [6.07, 6.45) is 3.60. The normalized spacial score (nSPS) is 11.4. The van der Waals surface area contributed by atoms with Crippen LogP contribution in [0.3, 0.4) is 0 Å². The quantitative estimate of drug-likeness (QED) is 0.196. The van der Waals surface area contributed by atoms with E-state index in [-0.39, 0.29) is 11.3 Å². The van der Waals surface area contributed by atoms with Crippen LogP contribution in [0.15, 0.2) is 103 Å². The third-order valence-electron chi connectivity index (χ3n) is 5.78. The first-order valence-corrected chi connectivity index (χ1v) is 10.9. The van der Waals surface area contributed by atoms with Gasteiger partial charge in [-0.3, -0.25) is 4.79 Å². The number of rotatable bonds is 5. The van der Waals surface area contributed by atoms with Crippen LogP contribution >= 0.6 is 0 Å². The van der Waals surface area contributed by atoms with Crippen molar-refractivity contribution in [1.29, 1.82) is 5.26 Å². The number of nitrogens with zero attached hydrogens (tertiary/aromatic N) is 2. The van der Waals surface area contributed by atoms with E-state index in [1.807, 2.05) is 48.7 Å². The third-order valence-corrected chi connectivity index (χ3v) is 5.78. The van der Waals surface area contributed by atoms with Gasteiger partial charge in [0.25, 0.3) is 5.91 Å². The van der Waals surface area contributed by atoms with Crippen molar-refractivity contribution in [2.24, 2.45) is 0 Å². The SMILES string of the molecule is N#C/C(=C\c1cn(Cc2ccc3ccccc3c2)c2ccccc12)C(=O)Nc1ccc(O)cc1. The Morgan fingerprint density at radius 3 is 2.47 bits per heavy atom. The molecule has 1 aromatic heterocycles. The first-order valence-electron chi connectivity index (χ1n) is 10.9. The van der Waals surface area contributed by atoms with E-state index in [0.29, 0.717) is 12.2 Å². The number of nitrogens with one attached hydrogen (secondary N) is 1. The molecule has 0 aliphatic carbocycles. The number of fused-ring (bicyclic) bond motifs is 2. The molecule has 0 saturated carbocycles. The predicted octanol–water partition coefficient (Wildman–Crippen LogP) is 6.09. The van der Waals surface area contributed by atoms with Crippen molar-refractivity contribution in [3.63, 3.8) is 0 Å². The highest BCUT2D eigenvalue weighted by molar-refractivity contribution is 6.10. The number of amides is 1. The van der Waals surface area contributed by atoms with Gasteiger partial charge in [0.05, 0.1) is 0 Å². The average Bonchev–Trinajstić information content (AvgIpc) is 3.21. The van der Waals surface area contributed by atoms with E-state index < -0.39 is 5.91 Å². The minimum Gasteiger partial charge on any atom is -0.508 e. The second kappa shape index (κ2) is 8.97. The molecule has 0 spiro atoms. The van der Waals surface area contributed by atoms with Crippen LogP contribution in [0.2, 0.25) is 0 Å². The topological polar surface area (TPSA) is 78.0 Å². The first kappa shape index (κ1) is 21.0. The van der Waals surface area contributed by atoms with E-state index in [0.717, 1.165) is 16.5 Å². The standard InChI is InChI=1S/C29H21N3O2/c30-17-23(29(34)31-25-11-13-26(33)14-12-25)16-24-19-32(28-8-4-3-7-27(24)28)18-20-9-10-21-5-1-2-6-22(21)15-20/h1-16,19,33H,18H2,(H,31,34)/b23-16+. The largest absolute Gasteiger partial charge is 0.508 e. The summed E-state index contributed by atoms with van der Waals surface area (Å²) in [6.45, 7) is 0.667. The van der Waals surface area contributed by atoms with Crippen molar-refractivity contribution in [1.82, 2.24) is 4.57 Å². The molecule has 164 valence electrons. The van der Waals surface area contributed by atoms with Crippen LogP contribution in [0.25, 0.3) is 27.8 Å². The van der Waals surface area contributed by atoms with Gasteiger partial charge in [0.1, 0.15) is 17.4 Å². The fraction of sp³-hybridized carbons (Fsp3) is 0.0345. The molecule has 5 aromatic rings. The maximum absolute atomic E-state index is 12.7. The summed E-state index contributed by atoms with van der Waals surface area (Å²) in [5.41, 5.74) is 3.50. The number of hydrogen-bond donors (Lipinski definition) is 2. The lowest BCUT2D eigenvalue weighted by atomic mass is 10.1. The highest BCUT2D eigenvalue weighted by atomic mass is 16.3. The zero-order chi connectivity index (χ0) is 23.5. The molecule has 34 heavy (non-hydrogen) atoms. The van der Waals surface area contributed by atoms with Gasteiger partial charge < -0.3 is 15.0 Å². The molecule has 0 bridgehead atoms. The number of carbonyl (C=O) groups is 1. The minimum atomic E-state index is -0.500. The lowest BCUT2D eigenvalue weighted by Gasteiger charge is -2.07. The Morgan fingerprint density at radius 1 is 0.941 bits per heavy atom. The van der Waals surface area contributed by atoms with Gasteiger partial charge in [0, 0.05) is 34.9 Å². The molecular weight excluding hydrogens is 422 g/mol. The van der Waals surface area contributed by atoms with Gasteiger partial charge in [-0.25, -0.2) is 0 Å².